The molecule has 0 aliphatic rings. The van der Waals surface area contributed by atoms with Crippen molar-refractivity contribution in [2.45, 2.75) is 40.0 Å². The number of rotatable bonds is 4. The Morgan fingerprint density at radius 2 is 1.80 bits per heavy atom. The van der Waals surface area contributed by atoms with Crippen molar-refractivity contribution < 1.29 is 0 Å². The molecule has 0 heterocycles. The van der Waals surface area contributed by atoms with Gasteiger partial charge in [-0.1, -0.05) is 47.0 Å². The van der Waals surface area contributed by atoms with Gasteiger partial charge in [-0.25, -0.2) is 0 Å². The molecule has 0 N–H and O–H groups in total. The molecule has 0 nitrogen and oxygen atoms in total. The van der Waals surface area contributed by atoms with E-state index in [0.717, 1.165) is 5.92 Å². The molecule has 0 rings (SSSR count). The first kappa shape index (κ1) is 13.1. The van der Waals surface area contributed by atoms with Gasteiger partial charge in [-0.2, -0.15) is 0 Å². The minimum absolute atomic E-state index is 0. The van der Waals surface area contributed by atoms with Gasteiger partial charge in [-0.15, -0.1) is 0 Å². The van der Waals surface area contributed by atoms with Gasteiger partial charge < -0.3 is 0 Å². The molecular weight excluding hydrogens is 135 g/mol. The molecule has 61 valence electrons. The quantitative estimate of drug-likeness (QED) is 0.548. The summed E-state index contributed by atoms with van der Waals surface area (Å²) < 4.78 is 0. The molecule has 0 bridgehead atoms. The van der Waals surface area contributed by atoms with Crippen LogP contribution in [-0.2, 0) is 0 Å². The minimum Gasteiger partial charge on any atom is -0.0654 e. The van der Waals surface area contributed by atoms with Gasteiger partial charge in [0.05, 0.1) is 0 Å². The SMILES string of the molecule is [AlH3].[CH2]C(C)C(C)CCCC. The average Bonchev–Trinajstić information content (AvgIpc) is 1.82. The summed E-state index contributed by atoms with van der Waals surface area (Å²) in [7, 11) is 0. The van der Waals surface area contributed by atoms with Crippen molar-refractivity contribution in [3.05, 3.63) is 6.92 Å². The topological polar surface area (TPSA) is 0 Å². The van der Waals surface area contributed by atoms with Crippen LogP contribution in [0.1, 0.15) is 40.0 Å². The minimum atomic E-state index is 0. The third-order valence-corrected chi connectivity index (χ3v) is 1.98. The monoisotopic (exact) mass is 157 g/mol. The summed E-state index contributed by atoms with van der Waals surface area (Å²) in [6, 6.07) is 0. The second-order valence-electron chi connectivity index (χ2n) is 3.10. The van der Waals surface area contributed by atoms with Crippen LogP contribution in [0.3, 0.4) is 0 Å². The smallest absolute Gasteiger partial charge is 0.0654 e. The van der Waals surface area contributed by atoms with Gasteiger partial charge in [0.2, 0.25) is 0 Å². The highest BCUT2D eigenvalue weighted by Crippen LogP contribution is 2.15. The molecule has 0 saturated carbocycles. The fourth-order valence-electron chi connectivity index (χ4n) is 0.811. The van der Waals surface area contributed by atoms with E-state index in [1.54, 1.807) is 0 Å². The normalized spacial score (nSPS) is 12.9. The molecule has 2 unspecified atom stereocenters. The molecule has 0 amide bonds. The molecule has 0 aromatic carbocycles. The van der Waals surface area contributed by atoms with Gasteiger partial charge in [-0.3, -0.25) is 0 Å². The van der Waals surface area contributed by atoms with Crippen LogP contribution in [0.25, 0.3) is 0 Å². The standard InChI is InChI=1S/C9H19.Al.3H/c1-5-6-7-9(4)8(2)3;;;;/h8-9H,2,5-7H2,1,3-4H3;;;;. The average molecular weight is 157 g/mol. The molecule has 0 fully saturated rings. The Morgan fingerprint density at radius 3 is 2.10 bits per heavy atom. The van der Waals surface area contributed by atoms with Gasteiger partial charge in [0.25, 0.3) is 0 Å². The molecule has 0 spiro atoms. The van der Waals surface area contributed by atoms with Crippen molar-refractivity contribution >= 4 is 17.4 Å². The lowest BCUT2D eigenvalue weighted by Crippen LogP contribution is -2.03. The summed E-state index contributed by atoms with van der Waals surface area (Å²) in [4.78, 5) is 0. The molecule has 0 aliphatic carbocycles. The molecule has 0 aliphatic heterocycles. The van der Waals surface area contributed by atoms with Crippen LogP contribution in [0.4, 0.5) is 0 Å². The van der Waals surface area contributed by atoms with E-state index in [1.165, 1.54) is 19.3 Å². The number of hydrogen-bond donors (Lipinski definition) is 0. The van der Waals surface area contributed by atoms with Gasteiger partial charge in [0, 0.05) is 0 Å². The zero-order chi connectivity index (χ0) is 7.28. The van der Waals surface area contributed by atoms with Crippen LogP contribution in [-0.4, -0.2) is 17.4 Å². The lowest BCUT2D eigenvalue weighted by molar-refractivity contribution is 0.411. The Balaban J connectivity index is 0. The van der Waals surface area contributed by atoms with E-state index in [-0.39, 0.29) is 17.4 Å². The van der Waals surface area contributed by atoms with Crippen molar-refractivity contribution in [2.75, 3.05) is 0 Å². The Morgan fingerprint density at radius 1 is 1.30 bits per heavy atom. The van der Waals surface area contributed by atoms with Gasteiger partial charge in [0.15, 0.2) is 17.4 Å². The first-order chi connectivity index (χ1) is 4.18. The second-order valence-corrected chi connectivity index (χ2v) is 3.10. The molecular formula is C9H22Al. The highest BCUT2D eigenvalue weighted by atomic mass is 27.0. The predicted molar refractivity (Wildman–Crippen MR) is 53.1 cm³/mol. The van der Waals surface area contributed by atoms with Crippen LogP contribution in [0, 0.1) is 18.8 Å². The summed E-state index contributed by atoms with van der Waals surface area (Å²) >= 11 is 0. The lowest BCUT2D eigenvalue weighted by Gasteiger charge is -2.13. The van der Waals surface area contributed by atoms with E-state index in [1.807, 2.05) is 0 Å². The largest absolute Gasteiger partial charge is 0.187 e. The third-order valence-electron chi connectivity index (χ3n) is 1.98. The van der Waals surface area contributed by atoms with Gasteiger partial charge in [-0.05, 0) is 11.8 Å². The van der Waals surface area contributed by atoms with Crippen LogP contribution < -0.4 is 0 Å². The van der Waals surface area contributed by atoms with Crippen molar-refractivity contribution in [3.63, 3.8) is 0 Å². The van der Waals surface area contributed by atoms with Crippen LogP contribution in [0.5, 0.6) is 0 Å². The Labute approximate surface area is 76.5 Å². The van der Waals surface area contributed by atoms with E-state index in [4.69, 9.17) is 0 Å². The van der Waals surface area contributed by atoms with Crippen molar-refractivity contribution in [3.8, 4) is 0 Å². The second kappa shape index (κ2) is 7.64. The Bertz CT molecular complexity index is 59.7. The van der Waals surface area contributed by atoms with E-state index < -0.39 is 0 Å². The van der Waals surface area contributed by atoms with Gasteiger partial charge >= 0.3 is 0 Å². The first-order valence-electron chi connectivity index (χ1n) is 4.01. The summed E-state index contributed by atoms with van der Waals surface area (Å²) in [6.07, 6.45) is 4.03. The molecule has 2 atom stereocenters. The first-order valence-corrected chi connectivity index (χ1v) is 4.01. The molecule has 1 radical (unpaired) electrons. The van der Waals surface area contributed by atoms with E-state index in [2.05, 4.69) is 27.7 Å². The van der Waals surface area contributed by atoms with Crippen molar-refractivity contribution in [1.82, 2.24) is 0 Å². The number of hydrogen-bond acceptors (Lipinski definition) is 0. The fraction of sp³-hybridized carbons (Fsp3) is 0.889. The Hall–Kier alpha value is 0.532. The van der Waals surface area contributed by atoms with Crippen LogP contribution in [0.15, 0.2) is 0 Å². The molecule has 0 aromatic heterocycles. The zero-order valence-corrected chi connectivity index (χ0v) is 6.98. The summed E-state index contributed by atoms with van der Waals surface area (Å²) in [5.74, 6) is 1.43. The zero-order valence-electron chi connectivity index (χ0n) is 6.98. The maximum absolute atomic E-state index is 3.99. The van der Waals surface area contributed by atoms with Crippen LogP contribution >= 0.6 is 0 Å². The van der Waals surface area contributed by atoms with E-state index >= 15 is 0 Å². The third kappa shape index (κ3) is 6.65. The molecule has 10 heavy (non-hydrogen) atoms. The highest BCUT2D eigenvalue weighted by molar-refractivity contribution is 5.75. The predicted octanol–water partition coefficient (Wildman–Crippen LogP) is 2.10. The van der Waals surface area contributed by atoms with Crippen LogP contribution in [0.2, 0.25) is 0 Å². The van der Waals surface area contributed by atoms with Gasteiger partial charge in [0.1, 0.15) is 0 Å². The molecule has 0 saturated heterocycles. The maximum Gasteiger partial charge on any atom is 0.187 e. The Kier molecular flexibility index (Phi) is 10.0. The lowest BCUT2D eigenvalue weighted by atomic mass is 9.93. The summed E-state index contributed by atoms with van der Waals surface area (Å²) in [6.45, 7) is 10.7. The number of unbranched alkanes of at least 4 members (excludes halogenated alkanes) is 1. The summed E-state index contributed by atoms with van der Waals surface area (Å²) in [5, 5.41) is 0. The molecule has 1 heteroatoms. The fourth-order valence-corrected chi connectivity index (χ4v) is 0.811. The van der Waals surface area contributed by atoms with E-state index in [9.17, 15) is 0 Å². The summed E-state index contributed by atoms with van der Waals surface area (Å²) in [5.41, 5.74) is 0. The van der Waals surface area contributed by atoms with Crippen molar-refractivity contribution in [2.24, 2.45) is 11.8 Å². The maximum atomic E-state index is 3.99. The van der Waals surface area contributed by atoms with E-state index in [0.29, 0.717) is 5.92 Å². The molecule has 0 aromatic rings. The highest BCUT2D eigenvalue weighted by Gasteiger charge is 2.04. The van der Waals surface area contributed by atoms with Crippen molar-refractivity contribution in [1.29, 1.82) is 0 Å².